The van der Waals surface area contributed by atoms with Gasteiger partial charge in [-0.2, -0.15) is 13.2 Å². The number of halogens is 3. The van der Waals surface area contributed by atoms with Gasteiger partial charge in [-0.25, -0.2) is 4.98 Å². The first kappa shape index (κ1) is 14.3. The second-order valence-corrected chi connectivity index (χ2v) is 3.61. The average molecular weight is 262 g/mol. The summed E-state index contributed by atoms with van der Waals surface area (Å²) >= 11 is 0. The van der Waals surface area contributed by atoms with Crippen molar-refractivity contribution >= 4 is 5.91 Å². The van der Waals surface area contributed by atoms with Gasteiger partial charge in [-0.15, -0.1) is 0 Å². The van der Waals surface area contributed by atoms with Crippen LogP contribution in [0.25, 0.3) is 0 Å². The van der Waals surface area contributed by atoms with Gasteiger partial charge in [0, 0.05) is 25.9 Å². The van der Waals surface area contributed by atoms with E-state index in [1.54, 1.807) is 7.05 Å². The molecule has 0 aromatic carbocycles. The fourth-order valence-electron chi connectivity index (χ4n) is 1.11. The third kappa shape index (κ3) is 4.23. The Morgan fingerprint density at radius 1 is 1.44 bits per heavy atom. The molecule has 4 nitrogen and oxygen atoms in total. The topological polar surface area (TPSA) is 42.4 Å². The van der Waals surface area contributed by atoms with Crippen molar-refractivity contribution in [1.29, 1.82) is 0 Å². The van der Waals surface area contributed by atoms with Gasteiger partial charge in [0.05, 0.1) is 5.56 Å². The van der Waals surface area contributed by atoms with Crippen LogP contribution in [-0.2, 0) is 0 Å². The van der Waals surface area contributed by atoms with Crippen LogP contribution in [-0.4, -0.2) is 42.2 Å². The number of hydrogen-bond donors (Lipinski definition) is 0. The summed E-state index contributed by atoms with van der Waals surface area (Å²) in [4.78, 5) is 16.8. The number of hydrogen-bond acceptors (Lipinski definition) is 3. The van der Waals surface area contributed by atoms with E-state index >= 15 is 0 Å². The van der Waals surface area contributed by atoms with Crippen molar-refractivity contribution in [3.63, 3.8) is 0 Å². The third-order valence-electron chi connectivity index (χ3n) is 2.19. The van der Waals surface area contributed by atoms with Gasteiger partial charge < -0.3 is 9.64 Å². The number of aromatic nitrogens is 1. The zero-order valence-corrected chi connectivity index (χ0v) is 9.99. The first-order valence-electron chi connectivity index (χ1n) is 5.24. The van der Waals surface area contributed by atoms with Crippen LogP contribution in [0.4, 0.5) is 13.2 Å². The lowest BCUT2D eigenvalue weighted by atomic mass is 10.2. The minimum absolute atomic E-state index is 0.164. The van der Waals surface area contributed by atoms with Crippen molar-refractivity contribution in [2.75, 3.05) is 20.2 Å². The number of ether oxygens (including phenoxy) is 1. The molecule has 0 saturated heterocycles. The molecule has 0 aliphatic carbocycles. The largest absolute Gasteiger partial charge is 0.468 e. The van der Waals surface area contributed by atoms with E-state index in [0.717, 1.165) is 0 Å². The molecular formula is C11H13F3N2O2. The van der Waals surface area contributed by atoms with Crippen molar-refractivity contribution in [3.8, 4) is 5.88 Å². The first-order valence-corrected chi connectivity index (χ1v) is 5.24. The Morgan fingerprint density at radius 2 is 2.11 bits per heavy atom. The van der Waals surface area contributed by atoms with Gasteiger partial charge in [-0.3, -0.25) is 4.79 Å². The van der Waals surface area contributed by atoms with Crippen LogP contribution in [0.1, 0.15) is 17.3 Å². The zero-order chi connectivity index (χ0) is 13.8. The van der Waals surface area contributed by atoms with Crippen LogP contribution >= 0.6 is 0 Å². The van der Waals surface area contributed by atoms with E-state index in [0.29, 0.717) is 12.1 Å². The maximum absolute atomic E-state index is 11.9. The minimum Gasteiger partial charge on any atom is -0.468 e. The van der Waals surface area contributed by atoms with Crippen LogP contribution in [0.2, 0.25) is 0 Å². The van der Waals surface area contributed by atoms with Gasteiger partial charge in [0.15, 0.2) is 6.61 Å². The van der Waals surface area contributed by atoms with Gasteiger partial charge >= 0.3 is 6.18 Å². The number of rotatable bonds is 4. The molecule has 1 heterocycles. The number of amides is 1. The molecule has 1 rings (SSSR count). The highest BCUT2D eigenvalue weighted by Gasteiger charge is 2.28. The Morgan fingerprint density at radius 3 is 2.56 bits per heavy atom. The predicted octanol–water partition coefficient (Wildman–Crippen LogP) is 2.11. The van der Waals surface area contributed by atoms with Crippen LogP contribution in [0.5, 0.6) is 5.88 Å². The molecule has 0 unspecified atom stereocenters. The number of nitrogens with zero attached hydrogens (tertiary/aromatic N) is 2. The lowest BCUT2D eigenvalue weighted by molar-refractivity contribution is -0.154. The smallest absolute Gasteiger partial charge is 0.422 e. The van der Waals surface area contributed by atoms with Crippen molar-refractivity contribution in [3.05, 3.63) is 23.9 Å². The van der Waals surface area contributed by atoms with Gasteiger partial charge in [-0.1, -0.05) is 0 Å². The molecule has 0 bridgehead atoms. The summed E-state index contributed by atoms with van der Waals surface area (Å²) in [7, 11) is 1.62. The molecule has 0 spiro atoms. The third-order valence-corrected chi connectivity index (χ3v) is 2.19. The number of pyridine rings is 1. The molecule has 0 aliphatic heterocycles. The fraction of sp³-hybridized carbons (Fsp3) is 0.455. The fourth-order valence-corrected chi connectivity index (χ4v) is 1.11. The van der Waals surface area contributed by atoms with E-state index in [9.17, 15) is 18.0 Å². The van der Waals surface area contributed by atoms with Crippen molar-refractivity contribution in [2.24, 2.45) is 0 Å². The Hall–Kier alpha value is -1.79. The van der Waals surface area contributed by atoms with Crippen molar-refractivity contribution in [2.45, 2.75) is 13.1 Å². The Bertz CT molecular complexity index is 404. The molecule has 100 valence electrons. The lowest BCUT2D eigenvalue weighted by Crippen LogP contribution is -2.26. The molecule has 0 saturated carbocycles. The summed E-state index contributed by atoms with van der Waals surface area (Å²) in [5.74, 6) is -0.407. The standard InChI is InChI=1S/C11H13F3N2O2/c1-3-16(2)10(17)8-4-5-9(15-6-8)18-7-11(12,13)14/h4-6H,3,7H2,1-2H3. The van der Waals surface area contributed by atoms with Crippen LogP contribution < -0.4 is 4.74 Å². The van der Waals surface area contributed by atoms with E-state index in [1.807, 2.05) is 6.92 Å². The second-order valence-electron chi connectivity index (χ2n) is 3.61. The van der Waals surface area contributed by atoms with E-state index in [1.165, 1.54) is 23.2 Å². The van der Waals surface area contributed by atoms with Gasteiger partial charge in [0.1, 0.15) is 0 Å². The summed E-state index contributed by atoms with van der Waals surface area (Å²) in [5, 5.41) is 0. The van der Waals surface area contributed by atoms with E-state index in [4.69, 9.17) is 0 Å². The van der Waals surface area contributed by atoms with Gasteiger partial charge in [0.25, 0.3) is 5.91 Å². The summed E-state index contributed by atoms with van der Waals surface area (Å²) in [6.45, 7) is 0.944. The Kier molecular flexibility index (Phi) is 4.52. The monoisotopic (exact) mass is 262 g/mol. The van der Waals surface area contributed by atoms with E-state index in [-0.39, 0.29) is 11.8 Å². The van der Waals surface area contributed by atoms with Crippen LogP contribution in [0.3, 0.4) is 0 Å². The van der Waals surface area contributed by atoms with Crippen LogP contribution in [0.15, 0.2) is 18.3 Å². The van der Waals surface area contributed by atoms with Gasteiger partial charge in [0.2, 0.25) is 5.88 Å². The Labute approximate surface area is 102 Å². The molecule has 18 heavy (non-hydrogen) atoms. The average Bonchev–Trinajstić information content (AvgIpc) is 2.34. The molecule has 0 aliphatic rings. The molecule has 0 fully saturated rings. The van der Waals surface area contributed by atoms with Crippen molar-refractivity contribution < 1.29 is 22.7 Å². The summed E-state index contributed by atoms with van der Waals surface area (Å²) in [5.41, 5.74) is 0.304. The number of carbonyl (C=O) groups is 1. The first-order chi connectivity index (χ1) is 8.33. The molecule has 1 aromatic rings. The highest BCUT2D eigenvalue weighted by Crippen LogP contribution is 2.17. The molecule has 7 heteroatoms. The highest BCUT2D eigenvalue weighted by molar-refractivity contribution is 5.93. The number of alkyl halides is 3. The summed E-state index contributed by atoms with van der Waals surface area (Å²) < 4.78 is 40.1. The van der Waals surface area contributed by atoms with Gasteiger partial charge in [-0.05, 0) is 13.0 Å². The van der Waals surface area contributed by atoms with E-state index in [2.05, 4.69) is 9.72 Å². The number of carbonyl (C=O) groups excluding carboxylic acids is 1. The molecule has 1 aromatic heterocycles. The molecule has 0 radical (unpaired) electrons. The maximum atomic E-state index is 11.9. The SMILES string of the molecule is CCN(C)C(=O)c1ccc(OCC(F)(F)F)nc1. The highest BCUT2D eigenvalue weighted by atomic mass is 19.4. The molecule has 1 amide bonds. The van der Waals surface area contributed by atoms with E-state index < -0.39 is 12.8 Å². The molecular weight excluding hydrogens is 249 g/mol. The predicted molar refractivity (Wildman–Crippen MR) is 58.4 cm³/mol. The quantitative estimate of drug-likeness (QED) is 0.834. The summed E-state index contributed by atoms with van der Waals surface area (Å²) in [6.07, 6.45) is -3.21. The maximum Gasteiger partial charge on any atom is 0.422 e. The zero-order valence-electron chi connectivity index (χ0n) is 9.99. The van der Waals surface area contributed by atoms with Crippen LogP contribution in [0, 0.1) is 0 Å². The Balaban J connectivity index is 2.66. The summed E-state index contributed by atoms with van der Waals surface area (Å²) in [6, 6.07) is 2.62. The van der Waals surface area contributed by atoms with Crippen molar-refractivity contribution in [1.82, 2.24) is 9.88 Å². The molecule has 0 atom stereocenters. The lowest BCUT2D eigenvalue weighted by Gasteiger charge is -2.14. The second kappa shape index (κ2) is 5.70. The minimum atomic E-state index is -4.40. The molecule has 0 N–H and O–H groups in total. The normalized spacial score (nSPS) is 11.2.